The van der Waals surface area contributed by atoms with E-state index in [9.17, 15) is 0 Å². The predicted molar refractivity (Wildman–Crippen MR) is 81.8 cm³/mol. The highest BCUT2D eigenvalue weighted by molar-refractivity contribution is 5.05. The van der Waals surface area contributed by atoms with E-state index in [1.54, 1.807) is 0 Å². The van der Waals surface area contributed by atoms with Gasteiger partial charge >= 0.3 is 0 Å². The number of likely N-dealkylation sites (tertiary alicyclic amines) is 1. The molecule has 21 heavy (non-hydrogen) atoms. The second-order valence-electron chi connectivity index (χ2n) is 5.91. The first-order chi connectivity index (χ1) is 10.3. The Balaban J connectivity index is 1.59. The monoisotopic (exact) mass is 285 g/mol. The van der Waals surface area contributed by atoms with Crippen LogP contribution in [0.5, 0.6) is 0 Å². The van der Waals surface area contributed by atoms with E-state index >= 15 is 0 Å². The molecule has 1 fully saturated rings. The number of hydrogen-bond donors (Lipinski definition) is 0. The third-order valence-corrected chi connectivity index (χ3v) is 4.24. The van der Waals surface area contributed by atoms with Crippen molar-refractivity contribution in [1.29, 1.82) is 0 Å². The predicted octanol–water partition coefficient (Wildman–Crippen LogP) is 3.37. The molecule has 1 atom stereocenters. The molecule has 0 aliphatic carbocycles. The number of aryl methyl sites for hydroxylation is 2. The fourth-order valence-corrected chi connectivity index (χ4v) is 3.15. The highest BCUT2D eigenvalue weighted by Crippen LogP contribution is 2.23. The minimum atomic E-state index is 0.631. The van der Waals surface area contributed by atoms with E-state index in [1.165, 1.54) is 31.4 Å². The fourth-order valence-electron chi connectivity index (χ4n) is 3.15. The molecule has 0 N–H and O–H groups in total. The molecule has 0 amide bonds. The van der Waals surface area contributed by atoms with Crippen LogP contribution in [0.3, 0.4) is 0 Å². The number of hydrogen-bond acceptors (Lipinski definition) is 4. The van der Waals surface area contributed by atoms with Gasteiger partial charge in [-0.1, -0.05) is 17.6 Å². The van der Waals surface area contributed by atoms with Crippen LogP contribution < -0.4 is 0 Å². The van der Waals surface area contributed by atoms with Crippen molar-refractivity contribution in [3.63, 3.8) is 0 Å². The molecule has 4 heteroatoms. The lowest BCUT2D eigenvalue weighted by Crippen LogP contribution is -2.39. The van der Waals surface area contributed by atoms with Crippen molar-refractivity contribution in [2.24, 2.45) is 0 Å². The maximum atomic E-state index is 5.37. The maximum absolute atomic E-state index is 5.37. The van der Waals surface area contributed by atoms with Crippen LogP contribution in [0, 0.1) is 6.92 Å². The molecule has 0 spiro atoms. The van der Waals surface area contributed by atoms with E-state index < -0.39 is 0 Å². The third kappa shape index (κ3) is 3.91. The van der Waals surface area contributed by atoms with Crippen molar-refractivity contribution in [1.82, 2.24) is 15.0 Å². The molecule has 3 heterocycles. The van der Waals surface area contributed by atoms with Crippen LogP contribution >= 0.6 is 0 Å². The number of piperidine rings is 1. The zero-order valence-corrected chi connectivity index (χ0v) is 12.7. The maximum Gasteiger partial charge on any atom is 0.150 e. The van der Waals surface area contributed by atoms with Crippen molar-refractivity contribution < 1.29 is 4.52 Å². The zero-order valence-electron chi connectivity index (χ0n) is 12.7. The molecule has 2 aromatic heterocycles. The first kappa shape index (κ1) is 14.3. The van der Waals surface area contributed by atoms with E-state index in [4.69, 9.17) is 4.52 Å². The lowest BCUT2D eigenvalue weighted by atomic mass is 9.97. The van der Waals surface area contributed by atoms with Crippen LogP contribution in [0.4, 0.5) is 0 Å². The van der Waals surface area contributed by atoms with Crippen LogP contribution in [0.15, 0.2) is 35.0 Å². The van der Waals surface area contributed by atoms with E-state index in [0.717, 1.165) is 31.0 Å². The molecule has 0 bridgehead atoms. The van der Waals surface area contributed by atoms with Gasteiger partial charge < -0.3 is 4.52 Å². The van der Waals surface area contributed by atoms with Crippen molar-refractivity contribution >= 4 is 0 Å². The topological polar surface area (TPSA) is 42.2 Å². The molecule has 0 unspecified atom stereocenters. The lowest BCUT2D eigenvalue weighted by Gasteiger charge is -2.35. The van der Waals surface area contributed by atoms with Gasteiger partial charge in [-0.05, 0) is 51.3 Å². The molecule has 0 radical (unpaired) electrons. The Morgan fingerprint density at radius 3 is 3.05 bits per heavy atom. The van der Waals surface area contributed by atoms with Gasteiger partial charge in [0.25, 0.3) is 0 Å². The third-order valence-electron chi connectivity index (χ3n) is 4.24. The van der Waals surface area contributed by atoms with E-state index in [0.29, 0.717) is 6.04 Å². The van der Waals surface area contributed by atoms with Gasteiger partial charge in [-0.25, -0.2) is 0 Å². The van der Waals surface area contributed by atoms with Gasteiger partial charge in [0.2, 0.25) is 0 Å². The Bertz CT molecular complexity index is 552. The first-order valence-corrected chi connectivity index (χ1v) is 7.87. The van der Waals surface area contributed by atoms with Crippen LogP contribution in [-0.2, 0) is 13.0 Å². The number of aromatic nitrogens is 2. The number of rotatable bonds is 5. The van der Waals surface area contributed by atoms with Crippen molar-refractivity contribution in [2.75, 3.05) is 6.54 Å². The van der Waals surface area contributed by atoms with E-state index in [1.807, 2.05) is 25.3 Å². The van der Waals surface area contributed by atoms with Crippen LogP contribution in [-0.4, -0.2) is 27.6 Å². The van der Waals surface area contributed by atoms with Crippen molar-refractivity contribution in [3.05, 3.63) is 47.6 Å². The highest BCUT2D eigenvalue weighted by atomic mass is 16.5. The van der Waals surface area contributed by atoms with Crippen molar-refractivity contribution in [2.45, 2.75) is 51.6 Å². The molecular formula is C17H23N3O. The summed E-state index contributed by atoms with van der Waals surface area (Å²) in [6.45, 7) is 4.02. The van der Waals surface area contributed by atoms with E-state index in [2.05, 4.69) is 27.2 Å². The SMILES string of the molecule is Cc1cc(CN2CCCC[C@@H]2CCc2ccccn2)on1. The Kier molecular flexibility index (Phi) is 4.65. The average molecular weight is 285 g/mol. The summed E-state index contributed by atoms with van der Waals surface area (Å²) in [6.07, 6.45) is 8.00. The van der Waals surface area contributed by atoms with Gasteiger partial charge in [-0.3, -0.25) is 9.88 Å². The molecule has 3 rings (SSSR count). The second-order valence-corrected chi connectivity index (χ2v) is 5.91. The molecular weight excluding hydrogens is 262 g/mol. The summed E-state index contributed by atoms with van der Waals surface area (Å²) < 4.78 is 5.37. The molecule has 0 saturated carbocycles. The molecule has 112 valence electrons. The molecule has 0 aromatic carbocycles. The van der Waals surface area contributed by atoms with Gasteiger partial charge in [0.15, 0.2) is 5.76 Å². The van der Waals surface area contributed by atoms with Gasteiger partial charge in [0.1, 0.15) is 0 Å². The number of pyridine rings is 1. The standard InChI is InChI=1S/C17H23N3O/c1-14-12-17(21-19-14)13-20-11-5-3-7-16(20)9-8-15-6-2-4-10-18-15/h2,4,6,10,12,16H,3,5,7-9,11,13H2,1H3/t16-/m1/s1. The van der Waals surface area contributed by atoms with Crippen LogP contribution in [0.1, 0.15) is 42.8 Å². The summed E-state index contributed by atoms with van der Waals surface area (Å²) in [4.78, 5) is 6.98. The van der Waals surface area contributed by atoms with Gasteiger partial charge in [0.05, 0.1) is 12.2 Å². The Morgan fingerprint density at radius 2 is 2.29 bits per heavy atom. The Hall–Kier alpha value is -1.68. The molecule has 1 aliphatic heterocycles. The van der Waals surface area contributed by atoms with Crippen LogP contribution in [0.25, 0.3) is 0 Å². The number of nitrogens with zero attached hydrogens (tertiary/aromatic N) is 3. The summed E-state index contributed by atoms with van der Waals surface area (Å²) in [5, 5.41) is 3.99. The summed E-state index contributed by atoms with van der Waals surface area (Å²) in [6, 6.07) is 8.84. The lowest BCUT2D eigenvalue weighted by molar-refractivity contribution is 0.119. The summed E-state index contributed by atoms with van der Waals surface area (Å²) >= 11 is 0. The summed E-state index contributed by atoms with van der Waals surface area (Å²) in [7, 11) is 0. The highest BCUT2D eigenvalue weighted by Gasteiger charge is 2.23. The first-order valence-electron chi connectivity index (χ1n) is 7.87. The zero-order chi connectivity index (χ0) is 14.5. The summed E-state index contributed by atoms with van der Waals surface area (Å²) in [5.74, 6) is 0.984. The van der Waals surface area contributed by atoms with Gasteiger partial charge in [-0.2, -0.15) is 0 Å². The molecule has 4 nitrogen and oxygen atoms in total. The Morgan fingerprint density at radius 1 is 1.33 bits per heavy atom. The van der Waals surface area contributed by atoms with E-state index in [-0.39, 0.29) is 0 Å². The quantitative estimate of drug-likeness (QED) is 0.844. The largest absolute Gasteiger partial charge is 0.360 e. The van der Waals surface area contributed by atoms with Crippen molar-refractivity contribution in [3.8, 4) is 0 Å². The van der Waals surface area contributed by atoms with Gasteiger partial charge in [0, 0.05) is 24.0 Å². The fraction of sp³-hybridized carbons (Fsp3) is 0.529. The second kappa shape index (κ2) is 6.85. The molecule has 1 saturated heterocycles. The van der Waals surface area contributed by atoms with Gasteiger partial charge in [-0.15, -0.1) is 0 Å². The van der Waals surface area contributed by atoms with Crippen LogP contribution in [0.2, 0.25) is 0 Å². The smallest absolute Gasteiger partial charge is 0.150 e. The minimum Gasteiger partial charge on any atom is -0.360 e. The average Bonchev–Trinajstić information content (AvgIpc) is 2.93. The summed E-state index contributed by atoms with van der Waals surface area (Å²) in [5.41, 5.74) is 2.16. The normalized spacial score (nSPS) is 19.8. The Labute approximate surface area is 126 Å². The molecule has 2 aromatic rings. The minimum absolute atomic E-state index is 0.631. The molecule has 1 aliphatic rings.